The number of nitrogens with one attached hydrogen (secondary N) is 3. The lowest BCUT2D eigenvalue weighted by molar-refractivity contribution is 0.103. The molecular formula is C25H20F2N6O4S. The van der Waals surface area contributed by atoms with E-state index in [0.717, 1.165) is 17.7 Å². The van der Waals surface area contributed by atoms with Crippen molar-refractivity contribution in [2.75, 3.05) is 15.8 Å². The second kappa shape index (κ2) is 10.0. The molecule has 0 aliphatic carbocycles. The van der Waals surface area contributed by atoms with Crippen LogP contribution in [0.1, 0.15) is 29.3 Å². The van der Waals surface area contributed by atoms with Crippen molar-refractivity contribution >= 4 is 44.0 Å². The number of anilines is 3. The quantitative estimate of drug-likeness (QED) is 0.222. The molecule has 0 aliphatic rings. The van der Waals surface area contributed by atoms with Crippen LogP contribution in [0.3, 0.4) is 0 Å². The molecule has 10 nitrogen and oxygen atoms in total. The van der Waals surface area contributed by atoms with Crippen LogP contribution in [0.25, 0.3) is 22.4 Å². The molecule has 3 aromatic heterocycles. The van der Waals surface area contributed by atoms with Gasteiger partial charge in [-0.1, -0.05) is 19.1 Å². The number of carbonyl (C=O) groups is 1. The molecule has 0 spiro atoms. The smallest absolute Gasteiger partial charge is 0.232 e. The Labute approximate surface area is 215 Å². The van der Waals surface area contributed by atoms with Crippen molar-refractivity contribution < 1.29 is 26.4 Å². The highest BCUT2D eigenvalue weighted by molar-refractivity contribution is 7.92. The highest BCUT2D eigenvalue weighted by atomic mass is 32.2. The van der Waals surface area contributed by atoms with Gasteiger partial charge in [0.1, 0.15) is 23.6 Å². The Morgan fingerprint density at radius 3 is 2.76 bits per heavy atom. The van der Waals surface area contributed by atoms with E-state index in [2.05, 4.69) is 30.0 Å². The monoisotopic (exact) mass is 538 g/mol. The standard InChI is InChI=1S/C25H20F2N6O4S/c1-2-8-38(35,36)33-18-7-6-17(26)21(22(18)27)23(34)16-10-29-24-20(16)25(31-12-30-24)32-15-5-3-4-14(9-15)19-11-28-13-37-19/h3-7,9-13,33H,2,8H2,1H3,(H2,29,30,31,32). The molecule has 13 heteroatoms. The van der Waals surface area contributed by atoms with Crippen LogP contribution in [-0.2, 0) is 10.0 Å². The molecule has 0 atom stereocenters. The maximum atomic E-state index is 15.3. The van der Waals surface area contributed by atoms with Crippen LogP contribution >= 0.6 is 0 Å². The number of ketones is 1. The fraction of sp³-hybridized carbons (Fsp3) is 0.120. The first-order chi connectivity index (χ1) is 18.3. The Morgan fingerprint density at radius 2 is 2.00 bits per heavy atom. The van der Waals surface area contributed by atoms with Gasteiger partial charge in [-0.25, -0.2) is 32.2 Å². The number of nitrogens with zero attached hydrogens (tertiary/aromatic N) is 3. The Morgan fingerprint density at radius 1 is 1.16 bits per heavy atom. The number of rotatable bonds is 9. The number of benzene rings is 2. The Bertz CT molecular complexity index is 1750. The lowest BCUT2D eigenvalue weighted by Crippen LogP contribution is -2.18. The third-order valence-corrected chi connectivity index (χ3v) is 7.09. The molecule has 0 saturated carbocycles. The fourth-order valence-electron chi connectivity index (χ4n) is 3.94. The number of fused-ring (bicyclic) bond motifs is 1. The van der Waals surface area contributed by atoms with E-state index in [1.54, 1.807) is 31.3 Å². The highest BCUT2D eigenvalue weighted by Gasteiger charge is 2.27. The van der Waals surface area contributed by atoms with E-state index >= 15 is 4.39 Å². The molecule has 194 valence electrons. The van der Waals surface area contributed by atoms with Crippen LogP contribution < -0.4 is 10.0 Å². The van der Waals surface area contributed by atoms with Crippen molar-refractivity contribution in [3.63, 3.8) is 0 Å². The van der Waals surface area contributed by atoms with Gasteiger partial charge in [0.25, 0.3) is 0 Å². The van der Waals surface area contributed by atoms with Crippen LogP contribution in [0.5, 0.6) is 0 Å². The van der Waals surface area contributed by atoms with Crippen LogP contribution in [0.4, 0.5) is 26.0 Å². The molecule has 5 aromatic rings. The normalized spacial score (nSPS) is 11.6. The second-order valence-electron chi connectivity index (χ2n) is 8.25. The number of H-pyrrole nitrogens is 1. The van der Waals surface area contributed by atoms with E-state index in [1.165, 1.54) is 18.9 Å². The molecule has 0 saturated heterocycles. The topological polar surface area (TPSA) is 143 Å². The fourth-order valence-corrected chi connectivity index (χ4v) is 5.08. The van der Waals surface area contributed by atoms with Gasteiger partial charge in [0.05, 0.1) is 34.2 Å². The van der Waals surface area contributed by atoms with Gasteiger partial charge in [0, 0.05) is 17.4 Å². The molecule has 0 bridgehead atoms. The van der Waals surface area contributed by atoms with Crippen molar-refractivity contribution in [3.8, 4) is 11.3 Å². The molecule has 0 aliphatic heterocycles. The molecule has 0 amide bonds. The first-order valence-corrected chi connectivity index (χ1v) is 13.0. The molecule has 0 unspecified atom stereocenters. The minimum Gasteiger partial charge on any atom is -0.444 e. The average molecular weight is 539 g/mol. The van der Waals surface area contributed by atoms with Crippen LogP contribution in [0.2, 0.25) is 0 Å². The Balaban J connectivity index is 1.54. The summed E-state index contributed by atoms with van der Waals surface area (Å²) in [5.41, 5.74) is 0.0168. The summed E-state index contributed by atoms with van der Waals surface area (Å²) < 4.78 is 61.8. The number of aromatic nitrogens is 4. The Hall–Kier alpha value is -4.65. The molecule has 2 aromatic carbocycles. The van der Waals surface area contributed by atoms with E-state index in [1.807, 2.05) is 6.07 Å². The van der Waals surface area contributed by atoms with Crippen molar-refractivity contribution in [1.82, 2.24) is 19.9 Å². The van der Waals surface area contributed by atoms with Crippen LogP contribution in [-0.4, -0.2) is 39.9 Å². The molecule has 0 radical (unpaired) electrons. The molecular weight excluding hydrogens is 518 g/mol. The predicted molar refractivity (Wildman–Crippen MR) is 137 cm³/mol. The van der Waals surface area contributed by atoms with Gasteiger partial charge in [-0.15, -0.1) is 0 Å². The Kier molecular flexibility index (Phi) is 6.59. The number of aromatic amines is 1. The summed E-state index contributed by atoms with van der Waals surface area (Å²) >= 11 is 0. The number of hydrogen-bond donors (Lipinski definition) is 3. The SMILES string of the molecule is CCCS(=O)(=O)Nc1ccc(F)c(C(=O)c2c[nH]c3ncnc(Nc4cccc(-c5cnco5)c4)c23)c1F. The molecule has 38 heavy (non-hydrogen) atoms. The first kappa shape index (κ1) is 25.0. The lowest BCUT2D eigenvalue weighted by Gasteiger charge is -2.12. The zero-order chi connectivity index (χ0) is 26.9. The highest BCUT2D eigenvalue weighted by Crippen LogP contribution is 2.32. The van der Waals surface area contributed by atoms with E-state index in [4.69, 9.17) is 4.42 Å². The molecule has 0 fully saturated rings. The van der Waals surface area contributed by atoms with Gasteiger partial charge in [0.15, 0.2) is 18.0 Å². The molecule has 3 N–H and O–H groups in total. The lowest BCUT2D eigenvalue weighted by atomic mass is 10.0. The minimum atomic E-state index is -3.88. The maximum absolute atomic E-state index is 15.3. The number of oxazole rings is 1. The van der Waals surface area contributed by atoms with Crippen molar-refractivity contribution in [2.24, 2.45) is 0 Å². The largest absolute Gasteiger partial charge is 0.444 e. The number of halogens is 2. The van der Waals surface area contributed by atoms with Crippen LogP contribution in [0.15, 0.2) is 65.9 Å². The van der Waals surface area contributed by atoms with Crippen molar-refractivity contribution in [2.45, 2.75) is 13.3 Å². The van der Waals surface area contributed by atoms with E-state index in [-0.39, 0.29) is 34.6 Å². The zero-order valence-corrected chi connectivity index (χ0v) is 20.6. The maximum Gasteiger partial charge on any atom is 0.232 e. The van der Waals surface area contributed by atoms with Gasteiger partial charge in [0.2, 0.25) is 15.8 Å². The third-order valence-electron chi connectivity index (χ3n) is 5.61. The number of carbonyl (C=O) groups excluding carboxylic acids is 1. The van der Waals surface area contributed by atoms with Crippen molar-refractivity contribution in [1.29, 1.82) is 0 Å². The zero-order valence-electron chi connectivity index (χ0n) is 19.8. The van der Waals surface area contributed by atoms with Gasteiger partial charge in [-0.05, 0) is 30.7 Å². The average Bonchev–Trinajstić information content (AvgIpc) is 3.57. The predicted octanol–water partition coefficient (Wildman–Crippen LogP) is 5.02. The summed E-state index contributed by atoms with van der Waals surface area (Å²) in [5, 5.41) is 3.30. The summed E-state index contributed by atoms with van der Waals surface area (Å²) in [6.45, 7) is 1.64. The summed E-state index contributed by atoms with van der Waals surface area (Å²) in [6, 6.07) is 8.89. The van der Waals surface area contributed by atoms with Crippen molar-refractivity contribution in [3.05, 3.63) is 84.3 Å². The van der Waals surface area contributed by atoms with E-state index < -0.39 is 38.7 Å². The summed E-state index contributed by atoms with van der Waals surface area (Å²) in [6.07, 6.45) is 5.69. The third kappa shape index (κ3) is 4.83. The van der Waals surface area contributed by atoms with Crippen LogP contribution in [0, 0.1) is 11.6 Å². The van der Waals surface area contributed by atoms with Gasteiger partial charge in [-0.3, -0.25) is 9.52 Å². The second-order valence-corrected chi connectivity index (χ2v) is 10.1. The van der Waals surface area contributed by atoms with E-state index in [9.17, 15) is 17.6 Å². The van der Waals surface area contributed by atoms with Gasteiger partial charge >= 0.3 is 0 Å². The summed E-state index contributed by atoms with van der Waals surface area (Å²) in [4.78, 5) is 28.5. The number of hydrogen-bond acceptors (Lipinski definition) is 8. The summed E-state index contributed by atoms with van der Waals surface area (Å²) in [7, 11) is -3.88. The summed E-state index contributed by atoms with van der Waals surface area (Å²) in [5.74, 6) is -3.01. The van der Waals surface area contributed by atoms with Gasteiger partial charge < -0.3 is 14.7 Å². The number of sulfonamides is 1. The van der Waals surface area contributed by atoms with E-state index in [0.29, 0.717) is 11.4 Å². The first-order valence-electron chi connectivity index (χ1n) is 11.4. The minimum absolute atomic E-state index is 0.110. The molecule has 5 rings (SSSR count). The van der Waals surface area contributed by atoms with Gasteiger partial charge in [-0.2, -0.15) is 0 Å². The molecule has 3 heterocycles.